The number of carbonyl (C=O) groups excluding carboxylic acids is 2. The van der Waals surface area contributed by atoms with Gasteiger partial charge in [0.25, 0.3) is 0 Å². The van der Waals surface area contributed by atoms with E-state index >= 15 is 0 Å². The molecule has 1 unspecified atom stereocenters. The fraction of sp³-hybridized carbons (Fsp3) is 0.818. The van der Waals surface area contributed by atoms with Crippen molar-refractivity contribution in [2.45, 2.75) is 31.6 Å². The van der Waals surface area contributed by atoms with Gasteiger partial charge in [0.2, 0.25) is 5.91 Å². The molecular weight excluding hydrogens is 288 g/mol. The summed E-state index contributed by atoms with van der Waals surface area (Å²) in [5.41, 5.74) is 0. The molecule has 0 heterocycles. The lowest BCUT2D eigenvalue weighted by Gasteiger charge is -2.22. The topological polar surface area (TPSA) is 58.6 Å². The molecule has 0 fully saturated rings. The summed E-state index contributed by atoms with van der Waals surface area (Å²) in [5, 5.41) is 2.81. The number of alkyl halides is 1. The fourth-order valence-corrected chi connectivity index (χ4v) is 1.90. The Morgan fingerprint density at radius 3 is 2.41 bits per heavy atom. The number of nitrogens with zero attached hydrogens (tertiary/aromatic N) is 1. The molecular formula is C11H21BrN2O3. The molecule has 0 aromatic rings. The average molecular weight is 309 g/mol. The monoisotopic (exact) mass is 308 g/mol. The third-order valence-corrected chi connectivity index (χ3v) is 2.80. The van der Waals surface area contributed by atoms with Gasteiger partial charge >= 0.3 is 5.97 Å². The molecule has 100 valence electrons. The Balaban J connectivity index is 4.16. The second-order valence-electron chi connectivity index (χ2n) is 4.04. The molecule has 0 aliphatic rings. The Morgan fingerprint density at radius 1 is 1.41 bits per heavy atom. The van der Waals surface area contributed by atoms with Crippen LogP contribution in [-0.4, -0.2) is 54.4 Å². The average Bonchev–Trinajstić information content (AvgIpc) is 2.25. The molecule has 0 aromatic heterocycles. The molecule has 6 heteroatoms. The van der Waals surface area contributed by atoms with Crippen molar-refractivity contribution in [3.63, 3.8) is 0 Å². The van der Waals surface area contributed by atoms with Crippen LogP contribution in [0.2, 0.25) is 0 Å². The number of esters is 1. The van der Waals surface area contributed by atoms with Crippen LogP contribution >= 0.6 is 15.9 Å². The highest BCUT2D eigenvalue weighted by atomic mass is 79.9. The number of nitrogens with one attached hydrogen (secondary N) is 1. The first-order valence-corrected chi connectivity index (χ1v) is 6.55. The lowest BCUT2D eigenvalue weighted by molar-refractivity contribution is -0.140. The maximum Gasteiger partial charge on any atom is 0.320 e. The van der Waals surface area contributed by atoms with E-state index in [0.29, 0.717) is 13.1 Å². The van der Waals surface area contributed by atoms with Gasteiger partial charge in [-0.2, -0.15) is 0 Å². The minimum Gasteiger partial charge on any atom is -0.468 e. The zero-order valence-electron chi connectivity index (χ0n) is 10.8. The Labute approximate surface area is 111 Å². The Morgan fingerprint density at radius 2 is 2.00 bits per heavy atom. The third kappa shape index (κ3) is 7.33. The number of likely N-dealkylation sites (N-methyl/N-ethyl adjacent to an activating group) is 1. The molecule has 5 nitrogen and oxygen atoms in total. The molecule has 0 aliphatic carbocycles. The number of halogens is 1. The minimum absolute atomic E-state index is 0.0357. The number of rotatable bonds is 7. The zero-order chi connectivity index (χ0) is 13.4. The van der Waals surface area contributed by atoms with E-state index in [9.17, 15) is 9.59 Å². The van der Waals surface area contributed by atoms with Crippen LogP contribution in [0, 0.1) is 0 Å². The van der Waals surface area contributed by atoms with Gasteiger partial charge in [-0.25, -0.2) is 0 Å². The SMILES string of the molecule is CCN(CC(=O)NC(C)C)CC(Br)C(=O)OC. The van der Waals surface area contributed by atoms with Crippen molar-refractivity contribution in [2.24, 2.45) is 0 Å². The van der Waals surface area contributed by atoms with Crippen molar-refractivity contribution in [3.8, 4) is 0 Å². The smallest absolute Gasteiger partial charge is 0.320 e. The summed E-state index contributed by atoms with van der Waals surface area (Å²) in [6.45, 7) is 7.21. The van der Waals surface area contributed by atoms with Crippen LogP contribution in [0.4, 0.5) is 0 Å². The van der Waals surface area contributed by atoms with Crippen LogP contribution in [0.25, 0.3) is 0 Å². The van der Waals surface area contributed by atoms with Crippen LogP contribution in [-0.2, 0) is 14.3 Å². The van der Waals surface area contributed by atoms with Crippen molar-refractivity contribution >= 4 is 27.8 Å². The van der Waals surface area contributed by atoms with E-state index in [0.717, 1.165) is 0 Å². The molecule has 1 atom stereocenters. The van der Waals surface area contributed by atoms with Crippen molar-refractivity contribution < 1.29 is 14.3 Å². The lowest BCUT2D eigenvalue weighted by Crippen LogP contribution is -2.43. The summed E-state index contributed by atoms with van der Waals surface area (Å²) in [6, 6.07) is 0.126. The van der Waals surface area contributed by atoms with Crippen LogP contribution < -0.4 is 5.32 Å². The van der Waals surface area contributed by atoms with Crippen molar-refractivity contribution in [2.75, 3.05) is 26.7 Å². The van der Waals surface area contributed by atoms with Crippen LogP contribution in [0.15, 0.2) is 0 Å². The highest BCUT2D eigenvalue weighted by Gasteiger charge is 2.20. The summed E-state index contributed by atoms with van der Waals surface area (Å²) in [4.78, 5) is 24.3. The van der Waals surface area contributed by atoms with Gasteiger partial charge < -0.3 is 10.1 Å². The number of methoxy groups -OCH3 is 1. The second-order valence-corrected chi connectivity index (χ2v) is 5.15. The first-order chi connectivity index (χ1) is 7.90. The van der Waals surface area contributed by atoms with Crippen LogP contribution in [0.3, 0.4) is 0 Å². The molecule has 0 aromatic carbocycles. The first-order valence-electron chi connectivity index (χ1n) is 5.64. The normalized spacial score (nSPS) is 12.6. The third-order valence-electron chi connectivity index (χ3n) is 2.14. The molecule has 0 saturated heterocycles. The van der Waals surface area contributed by atoms with Gasteiger partial charge in [-0.3, -0.25) is 14.5 Å². The molecule has 1 amide bonds. The van der Waals surface area contributed by atoms with Crippen LogP contribution in [0.5, 0.6) is 0 Å². The second kappa shape index (κ2) is 8.47. The predicted molar refractivity (Wildman–Crippen MR) is 70.1 cm³/mol. The minimum atomic E-state index is -0.403. The molecule has 17 heavy (non-hydrogen) atoms. The summed E-state index contributed by atoms with van der Waals surface area (Å²) in [7, 11) is 1.35. The molecule has 0 radical (unpaired) electrons. The standard InChI is InChI=1S/C11H21BrN2O3/c1-5-14(6-9(12)11(16)17-4)7-10(15)13-8(2)3/h8-9H,5-7H2,1-4H3,(H,13,15). The van der Waals surface area contributed by atoms with Crippen molar-refractivity contribution in [3.05, 3.63) is 0 Å². The number of carbonyl (C=O) groups is 2. The zero-order valence-corrected chi connectivity index (χ0v) is 12.4. The molecule has 1 N–H and O–H groups in total. The van der Waals surface area contributed by atoms with Gasteiger partial charge in [-0.05, 0) is 20.4 Å². The molecule has 0 saturated carbocycles. The number of hydrogen-bond acceptors (Lipinski definition) is 4. The fourth-order valence-electron chi connectivity index (χ4n) is 1.31. The van der Waals surface area contributed by atoms with E-state index in [4.69, 9.17) is 0 Å². The van der Waals surface area contributed by atoms with E-state index in [2.05, 4.69) is 26.0 Å². The number of hydrogen-bond donors (Lipinski definition) is 1. The van der Waals surface area contributed by atoms with Gasteiger partial charge in [0.1, 0.15) is 4.83 Å². The molecule has 0 aliphatic heterocycles. The highest BCUT2D eigenvalue weighted by molar-refractivity contribution is 9.10. The largest absolute Gasteiger partial charge is 0.468 e. The van der Waals surface area contributed by atoms with Gasteiger partial charge in [-0.1, -0.05) is 22.9 Å². The van der Waals surface area contributed by atoms with E-state index < -0.39 is 4.83 Å². The Hall–Kier alpha value is -0.620. The summed E-state index contributed by atoms with van der Waals surface area (Å²) in [6.07, 6.45) is 0. The maximum atomic E-state index is 11.6. The molecule has 0 bridgehead atoms. The van der Waals surface area contributed by atoms with E-state index in [1.165, 1.54) is 7.11 Å². The summed E-state index contributed by atoms with van der Waals surface area (Å²) >= 11 is 3.24. The van der Waals surface area contributed by atoms with E-state index in [1.54, 1.807) is 0 Å². The van der Waals surface area contributed by atoms with Crippen molar-refractivity contribution in [1.29, 1.82) is 0 Å². The number of ether oxygens (including phenoxy) is 1. The summed E-state index contributed by atoms with van der Waals surface area (Å²) in [5.74, 6) is -0.362. The van der Waals surface area contributed by atoms with Gasteiger partial charge in [-0.15, -0.1) is 0 Å². The maximum absolute atomic E-state index is 11.6. The van der Waals surface area contributed by atoms with E-state index in [-0.39, 0.29) is 24.5 Å². The lowest BCUT2D eigenvalue weighted by atomic mass is 10.3. The predicted octanol–water partition coefficient (Wildman–Crippen LogP) is 0.769. The summed E-state index contributed by atoms with van der Waals surface area (Å²) < 4.78 is 4.61. The molecule has 0 rings (SSSR count). The first kappa shape index (κ1) is 16.4. The number of amides is 1. The molecule has 0 spiro atoms. The van der Waals surface area contributed by atoms with Crippen molar-refractivity contribution in [1.82, 2.24) is 10.2 Å². The highest BCUT2D eigenvalue weighted by Crippen LogP contribution is 2.05. The van der Waals surface area contributed by atoms with Gasteiger partial charge in [0.05, 0.1) is 13.7 Å². The van der Waals surface area contributed by atoms with Crippen LogP contribution in [0.1, 0.15) is 20.8 Å². The Kier molecular flexibility index (Phi) is 8.16. The van der Waals surface area contributed by atoms with Gasteiger partial charge in [0.15, 0.2) is 0 Å². The van der Waals surface area contributed by atoms with E-state index in [1.807, 2.05) is 25.7 Å². The van der Waals surface area contributed by atoms with Gasteiger partial charge in [0, 0.05) is 12.6 Å². The Bertz CT molecular complexity index is 259. The quantitative estimate of drug-likeness (QED) is 0.557.